The van der Waals surface area contributed by atoms with E-state index in [-0.39, 0.29) is 30.9 Å². The molecule has 0 radical (unpaired) electrons. The van der Waals surface area contributed by atoms with Gasteiger partial charge in [0, 0.05) is 20.5 Å². The Morgan fingerprint density at radius 3 is 1.98 bits per heavy atom. The van der Waals surface area contributed by atoms with Crippen LogP contribution in [0.5, 0.6) is 5.75 Å². The lowest BCUT2D eigenvalue weighted by Crippen LogP contribution is -2.58. The number of benzene rings is 2. The van der Waals surface area contributed by atoms with Crippen molar-refractivity contribution in [1.82, 2.24) is 20.4 Å². The Morgan fingerprint density at radius 1 is 0.875 bits per heavy atom. The second-order valence-corrected chi connectivity index (χ2v) is 12.4. The van der Waals surface area contributed by atoms with Gasteiger partial charge in [-0.05, 0) is 43.1 Å². The van der Waals surface area contributed by atoms with E-state index >= 15 is 0 Å². The van der Waals surface area contributed by atoms with E-state index in [0.29, 0.717) is 18.4 Å². The lowest BCUT2D eigenvalue weighted by molar-refractivity contribution is -0.151. The lowest BCUT2D eigenvalue weighted by atomic mass is 10.0. The van der Waals surface area contributed by atoms with Crippen LogP contribution in [-0.2, 0) is 47.2 Å². The summed E-state index contributed by atoms with van der Waals surface area (Å²) in [6.45, 7) is 1.68. The predicted molar refractivity (Wildman–Crippen MR) is 176 cm³/mol. The molecule has 6 N–H and O–H groups in total. The molecule has 48 heavy (non-hydrogen) atoms. The van der Waals surface area contributed by atoms with E-state index in [1.54, 1.807) is 37.4 Å². The minimum atomic E-state index is -4.68. The average Bonchev–Trinajstić information content (AvgIpc) is 3.04. The molecule has 264 valence electrons. The number of ketones is 1. The van der Waals surface area contributed by atoms with Crippen LogP contribution >= 0.6 is 0 Å². The Balaban J connectivity index is 2.20. The van der Waals surface area contributed by atoms with E-state index in [9.17, 15) is 37.5 Å². The highest BCUT2D eigenvalue weighted by molar-refractivity contribution is 7.81. The quantitative estimate of drug-likeness (QED) is 0.113. The number of nitrogens with one attached hydrogen (secondary N) is 2. The number of amides is 3. The summed E-state index contributed by atoms with van der Waals surface area (Å²) in [5.41, 5.74) is 7.02. The highest BCUT2D eigenvalue weighted by Crippen LogP contribution is 2.17. The van der Waals surface area contributed by atoms with Gasteiger partial charge in [-0.15, -0.1) is 0 Å². The number of Topliss-reactive ketones (excluding diaryl/α,β-unsaturated/α-hetero) is 1. The number of hydrogen-bond donors (Lipinski definition) is 5. The summed E-state index contributed by atoms with van der Waals surface area (Å²) in [4.78, 5) is 67.0. The Bertz CT molecular complexity index is 1500. The van der Waals surface area contributed by atoms with Crippen molar-refractivity contribution < 1.29 is 46.2 Å². The smallest absolute Gasteiger partial charge is 0.446 e. The van der Waals surface area contributed by atoms with Crippen molar-refractivity contribution in [2.45, 2.75) is 69.6 Å². The minimum Gasteiger partial charge on any atom is -0.481 e. The van der Waals surface area contributed by atoms with Gasteiger partial charge in [0.1, 0.15) is 17.8 Å². The number of primary amides is 1. The molecule has 0 saturated carbocycles. The molecule has 0 aromatic heterocycles. The Kier molecular flexibility index (Phi) is 15.6. The van der Waals surface area contributed by atoms with Gasteiger partial charge in [0.15, 0.2) is 5.78 Å². The first-order valence-electron chi connectivity index (χ1n) is 15.3. The maximum atomic E-state index is 13.8. The third-order valence-electron chi connectivity index (χ3n) is 7.85. The zero-order chi connectivity index (χ0) is 36.0. The van der Waals surface area contributed by atoms with Gasteiger partial charge in [0.2, 0.25) is 17.7 Å². The van der Waals surface area contributed by atoms with E-state index in [1.807, 2.05) is 6.92 Å². The standard InChI is InChI=1S/C32H45N5O10S/c1-5-6-12-24(35-20-28(38)25(34-2)17-22-13-15-23(16-14-22)47-48(44,45)46)31(42)37(4)27(19-29(39)40)32(43)36(3)26(30(33)41)18-21-10-8-7-9-11-21/h7-11,13-16,24-27,34-35H,5-6,12,17-20H2,1-4H3,(H2,33,41)(H,39,40)(H,44,45,46)/t24-,25-,26-,27+/m0/s1. The zero-order valence-electron chi connectivity index (χ0n) is 27.5. The summed E-state index contributed by atoms with van der Waals surface area (Å²) in [6, 6.07) is 10.4. The van der Waals surface area contributed by atoms with Gasteiger partial charge in [0.25, 0.3) is 0 Å². The molecule has 0 spiro atoms. The fourth-order valence-electron chi connectivity index (χ4n) is 5.09. The van der Waals surface area contributed by atoms with E-state index in [2.05, 4.69) is 14.8 Å². The summed E-state index contributed by atoms with van der Waals surface area (Å²) >= 11 is 0. The SMILES string of the molecule is CCCC[C@H](NCC(=O)[C@H](Cc1ccc(OS(=O)(=O)O)cc1)NC)C(=O)N(C)[C@H](CC(=O)O)C(=O)N(C)[C@@H](Cc1ccccc1)C(N)=O. The highest BCUT2D eigenvalue weighted by atomic mass is 32.3. The van der Waals surface area contributed by atoms with Gasteiger partial charge in [0.05, 0.1) is 25.0 Å². The molecule has 15 nitrogen and oxygen atoms in total. The molecular weight excluding hydrogens is 646 g/mol. The van der Waals surface area contributed by atoms with Crippen LogP contribution in [0.2, 0.25) is 0 Å². The van der Waals surface area contributed by atoms with E-state index in [1.165, 1.54) is 38.4 Å². The highest BCUT2D eigenvalue weighted by Gasteiger charge is 2.37. The monoisotopic (exact) mass is 691 g/mol. The van der Waals surface area contributed by atoms with Crippen molar-refractivity contribution in [3.8, 4) is 5.75 Å². The van der Waals surface area contributed by atoms with Gasteiger partial charge in [-0.3, -0.25) is 33.8 Å². The van der Waals surface area contributed by atoms with Crippen LogP contribution in [0.25, 0.3) is 0 Å². The number of carboxylic acid groups (broad SMARTS) is 1. The second kappa shape index (κ2) is 18.8. The predicted octanol–water partition coefficient (Wildman–Crippen LogP) is 0.573. The molecule has 2 aromatic carbocycles. The molecule has 0 saturated heterocycles. The number of carbonyl (C=O) groups is 5. The first-order valence-corrected chi connectivity index (χ1v) is 16.7. The molecule has 0 aliphatic carbocycles. The summed E-state index contributed by atoms with van der Waals surface area (Å²) in [5.74, 6) is -3.90. The molecule has 0 bridgehead atoms. The first-order chi connectivity index (χ1) is 22.6. The molecule has 2 rings (SSSR count). The summed E-state index contributed by atoms with van der Waals surface area (Å²) < 4.78 is 35.1. The maximum absolute atomic E-state index is 13.8. The molecule has 0 unspecified atom stereocenters. The molecular formula is C32H45N5O10S. The molecule has 2 aromatic rings. The van der Waals surface area contributed by atoms with Gasteiger partial charge in [-0.2, -0.15) is 8.42 Å². The molecule has 0 aliphatic heterocycles. The largest absolute Gasteiger partial charge is 0.481 e. The van der Waals surface area contributed by atoms with Crippen molar-refractivity contribution in [3.63, 3.8) is 0 Å². The van der Waals surface area contributed by atoms with E-state index < -0.39 is 64.7 Å². The van der Waals surface area contributed by atoms with Gasteiger partial charge in [-0.25, -0.2) is 0 Å². The zero-order valence-corrected chi connectivity index (χ0v) is 28.3. The van der Waals surface area contributed by atoms with Crippen LogP contribution in [0.15, 0.2) is 54.6 Å². The fourth-order valence-corrected chi connectivity index (χ4v) is 5.45. The summed E-state index contributed by atoms with van der Waals surface area (Å²) in [5, 5.41) is 15.5. The molecule has 0 fully saturated rings. The van der Waals surface area contributed by atoms with Crippen LogP contribution in [-0.4, -0.2) is 109 Å². The first kappa shape index (κ1) is 39.8. The number of carbonyl (C=O) groups excluding carboxylic acids is 4. The summed E-state index contributed by atoms with van der Waals surface area (Å²) in [7, 11) is -0.445. The number of hydrogen-bond acceptors (Lipinski definition) is 10. The molecule has 16 heteroatoms. The van der Waals surface area contributed by atoms with E-state index in [4.69, 9.17) is 10.3 Å². The number of unbranched alkanes of at least 4 members (excludes halogenated alkanes) is 1. The number of likely N-dealkylation sites (N-methyl/N-ethyl adjacent to an activating group) is 3. The van der Waals surface area contributed by atoms with Crippen molar-refractivity contribution in [3.05, 3.63) is 65.7 Å². The fraction of sp³-hybridized carbons (Fsp3) is 0.469. The number of aliphatic carboxylic acids is 1. The Labute approximate surface area is 280 Å². The van der Waals surface area contributed by atoms with Crippen molar-refractivity contribution in [1.29, 1.82) is 0 Å². The number of nitrogens with two attached hydrogens (primary N) is 1. The second-order valence-electron chi connectivity index (χ2n) is 11.4. The van der Waals surface area contributed by atoms with Crippen molar-refractivity contribution in [2.24, 2.45) is 5.73 Å². The van der Waals surface area contributed by atoms with Crippen LogP contribution < -0.4 is 20.6 Å². The maximum Gasteiger partial charge on any atom is 0.446 e. The third-order valence-corrected chi connectivity index (χ3v) is 8.26. The minimum absolute atomic E-state index is 0.0911. The molecule has 3 amide bonds. The van der Waals surface area contributed by atoms with Crippen molar-refractivity contribution >= 4 is 39.9 Å². The van der Waals surface area contributed by atoms with Crippen LogP contribution in [0.1, 0.15) is 43.7 Å². The van der Waals surface area contributed by atoms with Gasteiger partial charge >= 0.3 is 16.4 Å². The topological polar surface area (TPSA) is 226 Å². The lowest BCUT2D eigenvalue weighted by Gasteiger charge is -2.35. The Morgan fingerprint density at radius 2 is 1.46 bits per heavy atom. The molecule has 4 atom stereocenters. The van der Waals surface area contributed by atoms with Crippen molar-refractivity contribution in [2.75, 3.05) is 27.7 Å². The summed E-state index contributed by atoms with van der Waals surface area (Å²) in [6.07, 6.45) is 1.19. The van der Waals surface area contributed by atoms with Crippen LogP contribution in [0.3, 0.4) is 0 Å². The van der Waals surface area contributed by atoms with E-state index in [0.717, 1.165) is 21.8 Å². The normalized spacial score (nSPS) is 13.9. The number of carboxylic acids is 1. The Hall–Kier alpha value is -4.38. The van der Waals surface area contributed by atoms with Crippen LogP contribution in [0, 0.1) is 0 Å². The van der Waals surface area contributed by atoms with Gasteiger partial charge in [-0.1, -0.05) is 62.2 Å². The number of rotatable bonds is 21. The van der Waals surface area contributed by atoms with Crippen LogP contribution in [0.4, 0.5) is 0 Å². The van der Waals surface area contributed by atoms with Gasteiger partial charge < -0.3 is 30.1 Å². The number of nitrogens with zero attached hydrogens (tertiary/aromatic N) is 2. The third kappa shape index (κ3) is 12.7. The molecule has 0 aliphatic rings. The molecule has 0 heterocycles. The average molecular weight is 692 g/mol.